The van der Waals surface area contributed by atoms with E-state index in [4.69, 9.17) is 16.3 Å². The minimum absolute atomic E-state index is 0.276. The van der Waals surface area contributed by atoms with E-state index < -0.39 is 5.69 Å². The Hall–Kier alpha value is -2.74. The molecule has 3 heterocycles. The van der Waals surface area contributed by atoms with Gasteiger partial charge in [0.1, 0.15) is 5.75 Å². The maximum Gasteiger partial charge on any atom is 0.332 e. The number of imidazole rings is 1. The fourth-order valence-corrected chi connectivity index (χ4v) is 3.87. The van der Waals surface area contributed by atoms with Crippen molar-refractivity contribution in [3.05, 3.63) is 44.1 Å². The van der Waals surface area contributed by atoms with E-state index in [1.54, 1.807) is 20.2 Å². The van der Waals surface area contributed by atoms with Crippen LogP contribution in [-0.2, 0) is 20.6 Å². The van der Waals surface area contributed by atoms with E-state index in [1.165, 1.54) is 11.6 Å². The summed E-state index contributed by atoms with van der Waals surface area (Å²) in [6.07, 6.45) is 0. The predicted octanol–water partition coefficient (Wildman–Crippen LogP) is 1.88. The van der Waals surface area contributed by atoms with Gasteiger partial charge in [0.25, 0.3) is 5.56 Å². The first-order valence-electron chi connectivity index (χ1n) is 8.60. The summed E-state index contributed by atoms with van der Waals surface area (Å²) >= 11 is 6.31. The van der Waals surface area contributed by atoms with Gasteiger partial charge in [-0.25, -0.2) is 4.79 Å². The maximum atomic E-state index is 12.8. The minimum Gasteiger partial charge on any atom is -0.495 e. The number of benzene rings is 1. The molecule has 0 fully saturated rings. The van der Waals surface area contributed by atoms with Crippen molar-refractivity contribution in [3.8, 4) is 5.75 Å². The van der Waals surface area contributed by atoms with Crippen molar-refractivity contribution in [2.24, 2.45) is 20.0 Å². The zero-order valence-electron chi connectivity index (χ0n) is 15.6. The minimum atomic E-state index is -0.393. The largest absolute Gasteiger partial charge is 0.495 e. The molecular formula is C18H20ClN5O3. The van der Waals surface area contributed by atoms with Crippen LogP contribution in [0.4, 0.5) is 11.6 Å². The van der Waals surface area contributed by atoms with Gasteiger partial charge in [0.05, 0.1) is 12.1 Å². The van der Waals surface area contributed by atoms with Gasteiger partial charge >= 0.3 is 5.69 Å². The van der Waals surface area contributed by atoms with Crippen LogP contribution >= 0.6 is 11.6 Å². The lowest BCUT2D eigenvalue weighted by molar-refractivity contribution is 0.415. The summed E-state index contributed by atoms with van der Waals surface area (Å²) in [6, 6.07) is 5.53. The van der Waals surface area contributed by atoms with E-state index in [1.807, 2.05) is 21.6 Å². The molecule has 142 valence electrons. The normalized spacial score (nSPS) is 16.6. The highest BCUT2D eigenvalue weighted by molar-refractivity contribution is 6.32. The van der Waals surface area contributed by atoms with Crippen molar-refractivity contribution in [1.29, 1.82) is 0 Å². The Kier molecular flexibility index (Phi) is 4.03. The number of fused-ring (bicyclic) bond motifs is 3. The number of hydrogen-bond acceptors (Lipinski definition) is 5. The zero-order chi connectivity index (χ0) is 19.5. The second kappa shape index (κ2) is 6.16. The first kappa shape index (κ1) is 17.7. The van der Waals surface area contributed by atoms with Crippen LogP contribution in [0.5, 0.6) is 5.75 Å². The molecule has 8 nitrogen and oxygen atoms in total. The number of anilines is 2. The van der Waals surface area contributed by atoms with Crippen molar-refractivity contribution in [3.63, 3.8) is 0 Å². The van der Waals surface area contributed by atoms with Crippen LogP contribution in [0.1, 0.15) is 6.92 Å². The third-order valence-electron chi connectivity index (χ3n) is 5.00. The lowest BCUT2D eigenvalue weighted by Crippen LogP contribution is -2.38. The third-order valence-corrected chi connectivity index (χ3v) is 5.30. The van der Waals surface area contributed by atoms with Gasteiger partial charge in [-0.05, 0) is 24.1 Å². The molecule has 4 rings (SSSR count). The second-order valence-corrected chi connectivity index (χ2v) is 7.34. The van der Waals surface area contributed by atoms with E-state index in [2.05, 4.69) is 11.9 Å². The number of halogens is 1. The molecule has 0 spiro atoms. The van der Waals surface area contributed by atoms with Crippen LogP contribution in [0.3, 0.4) is 0 Å². The Labute approximate surface area is 160 Å². The van der Waals surface area contributed by atoms with Crippen molar-refractivity contribution >= 4 is 34.4 Å². The summed E-state index contributed by atoms with van der Waals surface area (Å²) in [5.74, 6) is 1.50. The molecule has 0 bridgehead atoms. The van der Waals surface area contributed by atoms with Gasteiger partial charge in [-0.3, -0.25) is 13.9 Å². The van der Waals surface area contributed by atoms with E-state index >= 15 is 0 Å². The third kappa shape index (κ3) is 2.55. The van der Waals surface area contributed by atoms with Gasteiger partial charge in [0, 0.05) is 32.9 Å². The van der Waals surface area contributed by atoms with Crippen LogP contribution in [-0.4, -0.2) is 32.3 Å². The van der Waals surface area contributed by atoms with Crippen LogP contribution in [0.15, 0.2) is 27.8 Å². The van der Waals surface area contributed by atoms with Gasteiger partial charge in [-0.15, -0.1) is 0 Å². The summed E-state index contributed by atoms with van der Waals surface area (Å²) in [5, 5.41) is 0.499. The highest BCUT2D eigenvalue weighted by Crippen LogP contribution is 2.36. The number of methoxy groups -OCH3 is 1. The van der Waals surface area contributed by atoms with Gasteiger partial charge < -0.3 is 14.2 Å². The summed E-state index contributed by atoms with van der Waals surface area (Å²) in [5.41, 5.74) is 0.942. The maximum absolute atomic E-state index is 12.8. The van der Waals surface area contributed by atoms with Crippen molar-refractivity contribution < 1.29 is 4.74 Å². The average molecular weight is 390 g/mol. The fourth-order valence-electron chi connectivity index (χ4n) is 3.62. The van der Waals surface area contributed by atoms with Gasteiger partial charge in [-0.1, -0.05) is 18.5 Å². The van der Waals surface area contributed by atoms with Gasteiger partial charge in [0.2, 0.25) is 5.95 Å². The predicted molar refractivity (Wildman–Crippen MR) is 104 cm³/mol. The topological polar surface area (TPSA) is 74.3 Å². The Morgan fingerprint density at radius 3 is 2.59 bits per heavy atom. The fraction of sp³-hybridized carbons (Fsp3) is 0.389. The first-order valence-corrected chi connectivity index (χ1v) is 8.98. The van der Waals surface area contributed by atoms with Crippen LogP contribution in [0.2, 0.25) is 5.02 Å². The molecular weight excluding hydrogens is 370 g/mol. The van der Waals surface area contributed by atoms with Crippen molar-refractivity contribution in [1.82, 2.24) is 18.7 Å². The number of hydrogen-bond donors (Lipinski definition) is 0. The molecule has 0 aliphatic carbocycles. The van der Waals surface area contributed by atoms with Crippen LogP contribution in [0, 0.1) is 5.92 Å². The van der Waals surface area contributed by atoms with E-state index in [0.717, 1.165) is 16.8 Å². The van der Waals surface area contributed by atoms with Crippen molar-refractivity contribution in [2.75, 3.05) is 18.6 Å². The molecule has 0 saturated heterocycles. The number of aryl methyl sites for hydroxylation is 1. The molecule has 1 aliphatic heterocycles. The molecule has 1 aliphatic rings. The van der Waals surface area contributed by atoms with Crippen LogP contribution < -0.4 is 20.9 Å². The highest BCUT2D eigenvalue weighted by Gasteiger charge is 2.29. The average Bonchev–Trinajstić information content (AvgIpc) is 3.03. The molecule has 1 atom stereocenters. The molecule has 0 N–H and O–H groups in total. The molecule has 0 saturated carbocycles. The molecule has 1 aromatic carbocycles. The molecule has 3 aromatic rings. The number of rotatable bonds is 2. The van der Waals surface area contributed by atoms with E-state index in [0.29, 0.717) is 34.4 Å². The monoisotopic (exact) mass is 389 g/mol. The molecule has 0 radical (unpaired) electrons. The summed E-state index contributed by atoms with van der Waals surface area (Å²) in [4.78, 5) is 31.7. The van der Waals surface area contributed by atoms with Gasteiger partial charge in [0.15, 0.2) is 11.2 Å². The zero-order valence-corrected chi connectivity index (χ0v) is 16.3. The Morgan fingerprint density at radius 2 is 1.93 bits per heavy atom. The molecule has 27 heavy (non-hydrogen) atoms. The summed E-state index contributed by atoms with van der Waals surface area (Å²) in [6.45, 7) is 3.49. The van der Waals surface area contributed by atoms with Crippen molar-refractivity contribution in [2.45, 2.75) is 13.5 Å². The lowest BCUT2D eigenvalue weighted by Gasteiger charge is -2.33. The van der Waals surface area contributed by atoms with Gasteiger partial charge in [-0.2, -0.15) is 4.98 Å². The first-order chi connectivity index (χ1) is 12.8. The lowest BCUT2D eigenvalue weighted by atomic mass is 10.1. The Morgan fingerprint density at radius 1 is 1.19 bits per heavy atom. The highest BCUT2D eigenvalue weighted by atomic mass is 35.5. The smallest absolute Gasteiger partial charge is 0.332 e. The molecule has 0 unspecified atom stereocenters. The summed E-state index contributed by atoms with van der Waals surface area (Å²) in [7, 11) is 4.68. The quantitative estimate of drug-likeness (QED) is 0.669. The second-order valence-electron chi connectivity index (χ2n) is 6.94. The molecule has 0 amide bonds. The standard InChI is InChI=1S/C18H20ClN5O3/c1-10-8-23(11-5-6-13(27-4)12(19)7-11)17-20-15-14(24(17)9-10)16(25)22(3)18(26)21(15)2/h5-7,10H,8-9H2,1-4H3/t10-/m1/s1. The summed E-state index contributed by atoms with van der Waals surface area (Å²) < 4.78 is 9.65. The number of aromatic nitrogens is 4. The van der Waals surface area contributed by atoms with E-state index in [-0.39, 0.29) is 11.5 Å². The molecule has 2 aromatic heterocycles. The Bertz CT molecular complexity index is 1180. The Balaban J connectivity index is 1.99. The SMILES string of the molecule is COc1ccc(N2C[C@@H](C)Cn3c2nc2c3c(=O)n(C)c(=O)n2C)cc1Cl. The molecule has 9 heteroatoms. The van der Waals surface area contributed by atoms with Crippen LogP contribution in [0.25, 0.3) is 11.2 Å². The van der Waals surface area contributed by atoms with E-state index in [9.17, 15) is 9.59 Å². The number of nitrogens with zero attached hydrogens (tertiary/aromatic N) is 5. The number of ether oxygens (including phenoxy) is 1.